The maximum Gasteiger partial charge on any atom is 0.279 e. The third-order valence-electron chi connectivity index (χ3n) is 4.66. The number of aryl methyl sites for hydroxylation is 2. The number of carbonyl (C=O) groups excluding carboxylic acids is 2. The maximum absolute atomic E-state index is 12.2. The lowest BCUT2D eigenvalue weighted by atomic mass is 10.1. The van der Waals surface area contributed by atoms with Crippen molar-refractivity contribution in [1.82, 2.24) is 10.9 Å². The minimum Gasteiger partial charge on any atom is -0.493 e. The van der Waals surface area contributed by atoms with Gasteiger partial charge in [-0.15, -0.1) is 0 Å². The van der Waals surface area contributed by atoms with Gasteiger partial charge < -0.3 is 9.47 Å². The number of amides is 2. The minimum absolute atomic E-state index is 0.119. The van der Waals surface area contributed by atoms with Crippen molar-refractivity contribution >= 4 is 22.6 Å². The van der Waals surface area contributed by atoms with Crippen LogP contribution in [0.1, 0.15) is 24.5 Å². The molecule has 0 heterocycles. The standard InChI is InChI=1S/C24H26N2O4/c1-16-8-9-17(2)22(14-16)29-13-12-23(27)25-26-24(28)18(3)30-21-11-10-19-6-4-5-7-20(19)15-21/h4-11,14-15,18H,12-13H2,1-3H3,(H,25,27)(H,26,28)/t18-/m1/s1. The summed E-state index contributed by atoms with van der Waals surface area (Å²) in [7, 11) is 0. The van der Waals surface area contributed by atoms with Crippen LogP contribution in [0.5, 0.6) is 11.5 Å². The second-order valence-electron chi connectivity index (χ2n) is 7.17. The Kier molecular flexibility index (Phi) is 6.91. The Morgan fingerprint density at radius 1 is 0.933 bits per heavy atom. The van der Waals surface area contributed by atoms with E-state index in [9.17, 15) is 9.59 Å². The molecule has 1 atom stereocenters. The van der Waals surface area contributed by atoms with Gasteiger partial charge in [0.25, 0.3) is 5.91 Å². The SMILES string of the molecule is Cc1ccc(C)c(OCCC(=O)NNC(=O)[C@@H](C)Oc2ccc3ccccc3c2)c1. The lowest BCUT2D eigenvalue weighted by Crippen LogP contribution is -2.47. The topological polar surface area (TPSA) is 76.7 Å². The molecule has 0 bridgehead atoms. The third-order valence-corrected chi connectivity index (χ3v) is 4.66. The van der Waals surface area contributed by atoms with Gasteiger partial charge >= 0.3 is 0 Å². The largest absolute Gasteiger partial charge is 0.493 e. The van der Waals surface area contributed by atoms with Gasteiger partial charge in [-0.05, 0) is 60.9 Å². The number of hydrogen-bond acceptors (Lipinski definition) is 4. The molecular formula is C24H26N2O4. The van der Waals surface area contributed by atoms with Crippen LogP contribution in [0.4, 0.5) is 0 Å². The Bertz CT molecular complexity index is 1050. The first-order valence-electron chi connectivity index (χ1n) is 9.86. The van der Waals surface area contributed by atoms with E-state index in [2.05, 4.69) is 10.9 Å². The summed E-state index contributed by atoms with van der Waals surface area (Å²) in [6.45, 7) is 5.77. The van der Waals surface area contributed by atoms with Crippen LogP contribution in [0.2, 0.25) is 0 Å². The van der Waals surface area contributed by atoms with Crippen molar-refractivity contribution in [2.75, 3.05) is 6.61 Å². The van der Waals surface area contributed by atoms with E-state index in [4.69, 9.17) is 9.47 Å². The van der Waals surface area contributed by atoms with Crippen LogP contribution in [-0.4, -0.2) is 24.5 Å². The van der Waals surface area contributed by atoms with Crippen molar-refractivity contribution in [1.29, 1.82) is 0 Å². The van der Waals surface area contributed by atoms with E-state index in [0.29, 0.717) is 5.75 Å². The summed E-state index contributed by atoms with van der Waals surface area (Å²) in [5, 5.41) is 2.12. The molecule has 3 aromatic carbocycles. The highest BCUT2D eigenvalue weighted by Crippen LogP contribution is 2.21. The van der Waals surface area contributed by atoms with Gasteiger partial charge in [-0.3, -0.25) is 20.4 Å². The Morgan fingerprint density at radius 3 is 2.50 bits per heavy atom. The van der Waals surface area contributed by atoms with Crippen molar-refractivity contribution < 1.29 is 19.1 Å². The van der Waals surface area contributed by atoms with Crippen LogP contribution in [0.25, 0.3) is 10.8 Å². The van der Waals surface area contributed by atoms with Crippen LogP contribution in [0.3, 0.4) is 0 Å². The van der Waals surface area contributed by atoms with Crippen LogP contribution < -0.4 is 20.3 Å². The van der Waals surface area contributed by atoms with Gasteiger partial charge in [0.15, 0.2) is 6.10 Å². The number of hydrogen-bond donors (Lipinski definition) is 2. The molecule has 3 rings (SSSR count). The molecule has 2 N–H and O–H groups in total. The summed E-state index contributed by atoms with van der Waals surface area (Å²) in [5.41, 5.74) is 6.88. The monoisotopic (exact) mass is 406 g/mol. The molecule has 6 nitrogen and oxygen atoms in total. The van der Waals surface area contributed by atoms with Crippen LogP contribution in [0, 0.1) is 13.8 Å². The molecule has 0 spiro atoms. The molecule has 0 aliphatic rings. The van der Waals surface area contributed by atoms with E-state index < -0.39 is 12.0 Å². The fourth-order valence-electron chi connectivity index (χ4n) is 2.91. The number of hydrazine groups is 1. The molecule has 0 saturated heterocycles. The number of carbonyl (C=O) groups is 2. The molecule has 2 amide bonds. The van der Waals surface area contributed by atoms with E-state index in [1.54, 1.807) is 6.92 Å². The molecule has 156 valence electrons. The molecule has 3 aromatic rings. The zero-order chi connectivity index (χ0) is 21.5. The van der Waals surface area contributed by atoms with Crippen LogP contribution >= 0.6 is 0 Å². The molecular weight excluding hydrogens is 380 g/mol. The molecule has 6 heteroatoms. The summed E-state index contributed by atoms with van der Waals surface area (Å²) in [5.74, 6) is 0.562. The summed E-state index contributed by atoms with van der Waals surface area (Å²) in [6, 6.07) is 19.4. The highest BCUT2D eigenvalue weighted by Gasteiger charge is 2.15. The van der Waals surface area contributed by atoms with Crippen molar-refractivity contribution in [3.05, 3.63) is 71.8 Å². The minimum atomic E-state index is -0.766. The van der Waals surface area contributed by atoms with E-state index in [-0.39, 0.29) is 18.9 Å². The van der Waals surface area contributed by atoms with Crippen molar-refractivity contribution in [2.45, 2.75) is 33.3 Å². The summed E-state index contributed by atoms with van der Waals surface area (Å²) in [6.07, 6.45) is -0.647. The molecule has 0 fully saturated rings. The van der Waals surface area contributed by atoms with Crippen LogP contribution in [-0.2, 0) is 9.59 Å². The van der Waals surface area contributed by atoms with Gasteiger partial charge in [-0.25, -0.2) is 0 Å². The van der Waals surface area contributed by atoms with Crippen molar-refractivity contribution in [3.8, 4) is 11.5 Å². The second-order valence-corrected chi connectivity index (χ2v) is 7.17. The van der Waals surface area contributed by atoms with Gasteiger partial charge in [0.2, 0.25) is 5.91 Å². The van der Waals surface area contributed by atoms with Gasteiger partial charge in [0, 0.05) is 0 Å². The van der Waals surface area contributed by atoms with Gasteiger partial charge in [-0.2, -0.15) is 0 Å². The van der Waals surface area contributed by atoms with Crippen molar-refractivity contribution in [3.63, 3.8) is 0 Å². The summed E-state index contributed by atoms with van der Waals surface area (Å²) < 4.78 is 11.4. The fraction of sp³-hybridized carbons (Fsp3) is 0.250. The van der Waals surface area contributed by atoms with Gasteiger partial charge in [-0.1, -0.05) is 42.5 Å². The second kappa shape index (κ2) is 9.78. The summed E-state index contributed by atoms with van der Waals surface area (Å²) in [4.78, 5) is 24.2. The molecule has 0 aliphatic heterocycles. The molecule has 0 aromatic heterocycles. The zero-order valence-electron chi connectivity index (χ0n) is 17.4. The van der Waals surface area contributed by atoms with Gasteiger partial charge in [0.1, 0.15) is 11.5 Å². The van der Waals surface area contributed by atoms with E-state index in [1.807, 2.05) is 74.5 Å². The normalized spacial score (nSPS) is 11.6. The first-order valence-corrected chi connectivity index (χ1v) is 9.86. The molecule has 0 aliphatic carbocycles. The Labute approximate surface area is 176 Å². The maximum atomic E-state index is 12.2. The first-order chi connectivity index (χ1) is 14.4. The average Bonchev–Trinajstić information content (AvgIpc) is 2.74. The Morgan fingerprint density at radius 2 is 1.70 bits per heavy atom. The van der Waals surface area contributed by atoms with E-state index in [0.717, 1.165) is 27.6 Å². The van der Waals surface area contributed by atoms with Crippen LogP contribution in [0.15, 0.2) is 60.7 Å². The highest BCUT2D eigenvalue weighted by molar-refractivity contribution is 5.85. The molecule has 0 saturated carbocycles. The smallest absolute Gasteiger partial charge is 0.279 e. The number of ether oxygens (including phenoxy) is 2. The number of nitrogens with one attached hydrogen (secondary N) is 2. The van der Waals surface area contributed by atoms with E-state index >= 15 is 0 Å². The highest BCUT2D eigenvalue weighted by atomic mass is 16.5. The third kappa shape index (κ3) is 5.73. The molecule has 0 unspecified atom stereocenters. The quantitative estimate of drug-likeness (QED) is 0.585. The summed E-state index contributed by atoms with van der Waals surface area (Å²) >= 11 is 0. The zero-order valence-corrected chi connectivity index (χ0v) is 17.4. The molecule has 30 heavy (non-hydrogen) atoms. The predicted molar refractivity (Wildman–Crippen MR) is 116 cm³/mol. The Balaban J connectivity index is 1.42. The number of rotatable bonds is 7. The fourth-order valence-corrected chi connectivity index (χ4v) is 2.91. The van der Waals surface area contributed by atoms with Crippen molar-refractivity contribution in [2.24, 2.45) is 0 Å². The lowest BCUT2D eigenvalue weighted by Gasteiger charge is -2.16. The van der Waals surface area contributed by atoms with E-state index in [1.165, 1.54) is 0 Å². The number of benzene rings is 3. The molecule has 0 radical (unpaired) electrons. The first kappa shape index (κ1) is 21.2. The van der Waals surface area contributed by atoms with Gasteiger partial charge in [0.05, 0.1) is 13.0 Å². The lowest BCUT2D eigenvalue weighted by molar-refractivity contribution is -0.132. The Hall–Kier alpha value is -3.54. The number of fused-ring (bicyclic) bond motifs is 1. The average molecular weight is 406 g/mol. The predicted octanol–water partition coefficient (Wildman–Crippen LogP) is 3.84.